The summed E-state index contributed by atoms with van der Waals surface area (Å²) in [5.41, 5.74) is 3.32. The summed E-state index contributed by atoms with van der Waals surface area (Å²) >= 11 is 0. The van der Waals surface area contributed by atoms with Crippen molar-refractivity contribution in [2.75, 3.05) is 0 Å². The number of carbonyl (C=O) groups is 1. The van der Waals surface area contributed by atoms with Crippen LogP contribution in [-0.4, -0.2) is 11.4 Å². The number of benzene rings is 2. The molecular weight excluding hydrogens is 200 g/mol. The molecule has 0 unspecified atom stereocenters. The molecule has 0 saturated carbocycles. The van der Waals surface area contributed by atoms with E-state index in [0.717, 1.165) is 17.4 Å². The molecule has 1 N–H and O–H groups in total. The Morgan fingerprint density at radius 3 is 2.38 bits per heavy atom. The number of phenolic OH excluding ortho intramolecular Hbond substituents is 1. The van der Waals surface area contributed by atoms with Crippen molar-refractivity contribution in [3.8, 4) is 16.9 Å². The van der Waals surface area contributed by atoms with Gasteiger partial charge in [-0.15, -0.1) is 0 Å². The highest BCUT2D eigenvalue weighted by molar-refractivity contribution is 5.81. The fourth-order valence-electron chi connectivity index (χ4n) is 1.59. The molecule has 16 heavy (non-hydrogen) atoms. The van der Waals surface area contributed by atoms with Crippen LogP contribution in [0.4, 0.5) is 0 Å². The van der Waals surface area contributed by atoms with E-state index in [1.54, 1.807) is 18.2 Å². The van der Waals surface area contributed by atoms with Gasteiger partial charge in [-0.25, -0.2) is 0 Å². The van der Waals surface area contributed by atoms with Gasteiger partial charge < -0.3 is 5.11 Å². The van der Waals surface area contributed by atoms with Gasteiger partial charge in [0.15, 0.2) is 0 Å². The van der Waals surface area contributed by atoms with Crippen molar-refractivity contribution in [1.82, 2.24) is 0 Å². The molecule has 80 valence electrons. The van der Waals surface area contributed by atoms with Gasteiger partial charge in [-0.3, -0.25) is 4.79 Å². The van der Waals surface area contributed by atoms with Crippen LogP contribution >= 0.6 is 0 Å². The number of aryl methyl sites for hydroxylation is 1. The van der Waals surface area contributed by atoms with Gasteiger partial charge in [0.2, 0.25) is 0 Å². The normalized spacial score (nSPS) is 10.1. The fourth-order valence-corrected chi connectivity index (χ4v) is 1.59. The van der Waals surface area contributed by atoms with E-state index >= 15 is 0 Å². The molecule has 2 nitrogen and oxygen atoms in total. The molecule has 0 aliphatic heterocycles. The minimum Gasteiger partial charge on any atom is -0.507 e. The van der Waals surface area contributed by atoms with E-state index in [1.165, 1.54) is 0 Å². The maximum Gasteiger partial charge on any atom is 0.150 e. The molecule has 2 heteroatoms. The van der Waals surface area contributed by atoms with E-state index in [1.807, 2.05) is 31.2 Å². The quantitative estimate of drug-likeness (QED) is 0.776. The predicted molar refractivity (Wildman–Crippen MR) is 63.7 cm³/mol. The molecule has 0 bridgehead atoms. The topological polar surface area (TPSA) is 37.3 Å². The maximum absolute atomic E-state index is 10.7. The van der Waals surface area contributed by atoms with Crippen molar-refractivity contribution in [2.24, 2.45) is 0 Å². The maximum atomic E-state index is 10.7. The van der Waals surface area contributed by atoms with Crippen molar-refractivity contribution < 1.29 is 9.90 Å². The summed E-state index contributed by atoms with van der Waals surface area (Å²) in [4.78, 5) is 10.7. The Bertz CT molecular complexity index is 513. The molecule has 0 radical (unpaired) electrons. The van der Waals surface area contributed by atoms with Crippen molar-refractivity contribution in [2.45, 2.75) is 6.92 Å². The Hall–Kier alpha value is -2.09. The molecule has 2 aromatic carbocycles. The molecule has 0 saturated heterocycles. The molecule has 0 aliphatic rings. The molecule has 0 spiro atoms. The van der Waals surface area contributed by atoms with Crippen molar-refractivity contribution in [1.29, 1.82) is 0 Å². The average molecular weight is 212 g/mol. The van der Waals surface area contributed by atoms with Gasteiger partial charge >= 0.3 is 0 Å². The molecular formula is C14H12O2. The third-order valence-electron chi connectivity index (χ3n) is 2.52. The largest absolute Gasteiger partial charge is 0.507 e. The van der Waals surface area contributed by atoms with Gasteiger partial charge in [0.1, 0.15) is 12.0 Å². The second kappa shape index (κ2) is 4.19. The molecule has 2 aromatic rings. The van der Waals surface area contributed by atoms with Crippen LogP contribution < -0.4 is 0 Å². The fraction of sp³-hybridized carbons (Fsp3) is 0.0714. The molecule has 2 rings (SSSR count). The first-order valence-electron chi connectivity index (χ1n) is 5.06. The van der Waals surface area contributed by atoms with Gasteiger partial charge in [0.25, 0.3) is 0 Å². The zero-order chi connectivity index (χ0) is 11.5. The third kappa shape index (κ3) is 1.96. The van der Waals surface area contributed by atoms with Gasteiger partial charge in [0, 0.05) is 11.1 Å². The summed E-state index contributed by atoms with van der Waals surface area (Å²) in [6, 6.07) is 12.6. The van der Waals surface area contributed by atoms with E-state index in [0.29, 0.717) is 11.1 Å². The van der Waals surface area contributed by atoms with E-state index in [-0.39, 0.29) is 5.75 Å². The van der Waals surface area contributed by atoms with E-state index < -0.39 is 0 Å². The van der Waals surface area contributed by atoms with E-state index in [2.05, 4.69) is 0 Å². The summed E-state index contributed by atoms with van der Waals surface area (Å²) in [5, 5.41) is 9.74. The number of hydrogen-bond acceptors (Lipinski definition) is 2. The van der Waals surface area contributed by atoms with Crippen LogP contribution in [0.5, 0.6) is 5.75 Å². The standard InChI is InChI=1S/C14H12O2/c1-10-2-5-12(6-3-10)13-8-11(9-15)4-7-14(13)16/h2-9,16H,1H3. The van der Waals surface area contributed by atoms with Crippen molar-refractivity contribution in [3.05, 3.63) is 53.6 Å². The monoisotopic (exact) mass is 212 g/mol. The minimum atomic E-state index is 0.189. The highest BCUT2D eigenvalue weighted by Crippen LogP contribution is 2.29. The Kier molecular flexibility index (Phi) is 2.73. The predicted octanol–water partition coefficient (Wildman–Crippen LogP) is 3.18. The Balaban J connectivity index is 2.54. The van der Waals surface area contributed by atoms with Crippen LogP contribution in [0, 0.1) is 6.92 Å². The molecule has 0 aliphatic carbocycles. The van der Waals surface area contributed by atoms with Crippen LogP contribution in [0.1, 0.15) is 15.9 Å². The smallest absolute Gasteiger partial charge is 0.150 e. The van der Waals surface area contributed by atoms with E-state index in [9.17, 15) is 9.90 Å². The zero-order valence-electron chi connectivity index (χ0n) is 8.97. The van der Waals surface area contributed by atoms with Crippen LogP contribution in [-0.2, 0) is 0 Å². The summed E-state index contributed by atoms with van der Waals surface area (Å²) in [7, 11) is 0. The van der Waals surface area contributed by atoms with Gasteiger partial charge in [-0.1, -0.05) is 29.8 Å². The minimum absolute atomic E-state index is 0.189. The first kappa shape index (κ1) is 10.4. The zero-order valence-corrected chi connectivity index (χ0v) is 8.97. The van der Waals surface area contributed by atoms with Crippen LogP contribution in [0.3, 0.4) is 0 Å². The second-order valence-electron chi connectivity index (χ2n) is 3.76. The summed E-state index contributed by atoms with van der Waals surface area (Å²) in [6.45, 7) is 2.01. The first-order valence-corrected chi connectivity index (χ1v) is 5.06. The van der Waals surface area contributed by atoms with Crippen LogP contribution in [0.25, 0.3) is 11.1 Å². The highest BCUT2D eigenvalue weighted by Gasteiger charge is 2.04. The molecule has 0 heterocycles. The van der Waals surface area contributed by atoms with Gasteiger partial charge in [-0.05, 0) is 30.7 Å². The van der Waals surface area contributed by atoms with E-state index in [4.69, 9.17) is 0 Å². The molecule has 0 amide bonds. The van der Waals surface area contributed by atoms with Crippen molar-refractivity contribution in [3.63, 3.8) is 0 Å². The SMILES string of the molecule is Cc1ccc(-c2cc(C=O)ccc2O)cc1. The number of rotatable bonds is 2. The average Bonchev–Trinajstić information content (AvgIpc) is 2.31. The number of aromatic hydroxyl groups is 1. The molecule has 0 atom stereocenters. The van der Waals surface area contributed by atoms with Gasteiger partial charge in [-0.2, -0.15) is 0 Å². The summed E-state index contributed by atoms with van der Waals surface area (Å²) < 4.78 is 0. The number of hydrogen-bond donors (Lipinski definition) is 1. The lowest BCUT2D eigenvalue weighted by Crippen LogP contribution is -1.84. The first-order chi connectivity index (χ1) is 7.70. The summed E-state index contributed by atoms with van der Waals surface area (Å²) in [5.74, 6) is 0.189. The summed E-state index contributed by atoms with van der Waals surface area (Å²) in [6.07, 6.45) is 0.775. The Morgan fingerprint density at radius 2 is 1.75 bits per heavy atom. The third-order valence-corrected chi connectivity index (χ3v) is 2.52. The highest BCUT2D eigenvalue weighted by atomic mass is 16.3. The number of phenols is 1. The van der Waals surface area contributed by atoms with Crippen molar-refractivity contribution >= 4 is 6.29 Å². The molecule has 0 aromatic heterocycles. The second-order valence-corrected chi connectivity index (χ2v) is 3.76. The van der Waals surface area contributed by atoms with Crippen LogP contribution in [0.15, 0.2) is 42.5 Å². The lowest BCUT2D eigenvalue weighted by molar-refractivity contribution is 0.112. The number of carbonyl (C=O) groups excluding carboxylic acids is 1. The molecule has 0 fully saturated rings. The lowest BCUT2D eigenvalue weighted by Gasteiger charge is -2.05. The van der Waals surface area contributed by atoms with Crippen LogP contribution in [0.2, 0.25) is 0 Å². The van der Waals surface area contributed by atoms with Gasteiger partial charge in [0.05, 0.1) is 0 Å². The lowest BCUT2D eigenvalue weighted by atomic mass is 10.0. The Labute approximate surface area is 94.2 Å². The number of aldehydes is 1. The Morgan fingerprint density at radius 1 is 1.06 bits per heavy atom.